The quantitative estimate of drug-likeness (QED) is 0.107. The molecule has 0 saturated heterocycles. The molecule has 0 bridgehead atoms. The second-order valence-corrected chi connectivity index (χ2v) is 9.34. The first-order valence-corrected chi connectivity index (χ1v) is 13.0. The predicted molar refractivity (Wildman–Crippen MR) is 165 cm³/mol. The molecule has 18 nitrogen and oxygen atoms in total. The fraction of sp³-hybridized carbons (Fsp3) is 0. The van der Waals surface area contributed by atoms with Gasteiger partial charge in [0.15, 0.2) is 41.3 Å². The Bertz CT molecular complexity index is 2260. The summed E-state index contributed by atoms with van der Waals surface area (Å²) in [6.07, 6.45) is 9.44. The molecule has 8 rings (SSSR count). The number of nitrogens with two attached hydrogens (primary N) is 2. The largest absolute Gasteiger partial charge is 0.369 e. The minimum Gasteiger partial charge on any atom is -0.369 e. The second-order valence-electron chi connectivity index (χ2n) is 7.79. The molecule has 12 N–H and O–H groups in total. The van der Waals surface area contributed by atoms with Crippen molar-refractivity contribution < 1.29 is 0 Å². The maximum Gasteiger partial charge on any atom is 0.200 e. The monoisotopic (exact) mass is 638 g/mol. The first-order chi connectivity index (χ1) is 20.3. The molecule has 0 aliphatic carbocycles. The average molecular weight is 639 g/mol. The van der Waals surface area contributed by atoms with E-state index >= 15 is 0 Å². The van der Waals surface area contributed by atoms with Gasteiger partial charge in [-0.25, -0.2) is 39.9 Å². The Labute approximate surface area is 252 Å². The number of nitrogens with one attached hydrogen (secondary N) is 8. The normalized spacial score (nSPS) is 10.5. The van der Waals surface area contributed by atoms with Crippen LogP contribution in [0.15, 0.2) is 37.8 Å². The highest BCUT2D eigenvalue weighted by atomic mass is 32.1. The van der Waals surface area contributed by atoms with Gasteiger partial charge in [0, 0.05) is 0 Å². The predicted octanol–water partition coefficient (Wildman–Crippen LogP) is 3.23. The van der Waals surface area contributed by atoms with E-state index in [1.54, 1.807) is 18.9 Å². The Morgan fingerprint density at radius 3 is 1.52 bits per heavy atom. The first-order valence-electron chi connectivity index (χ1n) is 11.4. The summed E-state index contributed by atoms with van der Waals surface area (Å²) in [5.41, 5.74) is 16.7. The number of fused-ring (bicyclic) bond motifs is 4. The van der Waals surface area contributed by atoms with Gasteiger partial charge in [-0.15, -0.1) is 0 Å². The van der Waals surface area contributed by atoms with Gasteiger partial charge in [0.1, 0.15) is 22.1 Å². The molecular weight excluding hydrogens is 621 g/mol. The summed E-state index contributed by atoms with van der Waals surface area (Å²) in [4.78, 5) is 53.9. The number of rotatable bonds is 0. The van der Waals surface area contributed by atoms with Crippen molar-refractivity contribution in [2.75, 3.05) is 11.5 Å². The third-order valence-corrected chi connectivity index (χ3v) is 6.19. The van der Waals surface area contributed by atoms with E-state index in [-0.39, 0.29) is 11.9 Å². The molecule has 0 aromatic carbocycles. The van der Waals surface area contributed by atoms with Gasteiger partial charge in [-0.05, 0) is 12.2 Å². The van der Waals surface area contributed by atoms with E-state index in [9.17, 15) is 0 Å². The highest BCUT2D eigenvalue weighted by molar-refractivity contribution is 7.72. The Balaban J connectivity index is 0.000000112. The maximum atomic E-state index is 5.40. The third-order valence-electron chi connectivity index (χ3n) is 5.08. The number of H-pyrrole nitrogens is 8. The van der Waals surface area contributed by atoms with Gasteiger partial charge in [-0.2, -0.15) is 0 Å². The van der Waals surface area contributed by atoms with Crippen molar-refractivity contribution in [2.24, 2.45) is 0 Å². The zero-order valence-electron chi connectivity index (χ0n) is 20.8. The molecule has 0 unspecified atom stereocenters. The average Bonchev–Trinajstić information content (AvgIpc) is 3.76. The van der Waals surface area contributed by atoms with E-state index in [1.807, 2.05) is 0 Å². The van der Waals surface area contributed by atoms with E-state index in [2.05, 4.69) is 79.7 Å². The third kappa shape index (κ3) is 6.52. The van der Waals surface area contributed by atoms with Crippen LogP contribution in [0.4, 0.5) is 11.9 Å². The molecule has 0 spiro atoms. The molecular formula is C20H18N18S4. The lowest BCUT2D eigenvalue weighted by molar-refractivity contribution is 1.17. The van der Waals surface area contributed by atoms with Crippen LogP contribution in [-0.4, -0.2) is 79.7 Å². The summed E-state index contributed by atoms with van der Waals surface area (Å²) >= 11 is 19.5. The van der Waals surface area contributed by atoms with Gasteiger partial charge in [-0.1, -0.05) is 36.7 Å². The number of nitrogen functional groups attached to an aromatic ring is 2. The standard InChI is InChI=1S/2C5H5N5S.2C5H4N4S/c2*6-5-9-3-2(4(11)10-5)7-1-8-3;10-5-3-4(7-1-6-3)8-2-9-5;10-5-6-1-3-4(9-5)8-2-7-3/h2*1H,(H4,6,7,8,9,10,11);2*1-2H,(H2,6,7,8,9,10). The lowest BCUT2D eigenvalue weighted by atomic mass is 10.6. The van der Waals surface area contributed by atoms with E-state index in [0.717, 1.165) is 22.3 Å². The summed E-state index contributed by atoms with van der Waals surface area (Å²) in [7, 11) is 0. The maximum absolute atomic E-state index is 5.40. The Morgan fingerprint density at radius 1 is 0.476 bits per heavy atom. The zero-order valence-corrected chi connectivity index (χ0v) is 24.1. The van der Waals surface area contributed by atoms with E-state index in [0.29, 0.717) is 41.0 Å². The van der Waals surface area contributed by atoms with Crippen molar-refractivity contribution >= 4 is 105 Å². The summed E-state index contributed by atoms with van der Waals surface area (Å²) in [5, 5.41) is 0. The highest BCUT2D eigenvalue weighted by Gasteiger charge is 2.00. The molecule has 0 fully saturated rings. The van der Waals surface area contributed by atoms with Crippen molar-refractivity contribution in [3.8, 4) is 0 Å². The molecule has 0 radical (unpaired) electrons. The molecule has 212 valence electrons. The van der Waals surface area contributed by atoms with Crippen molar-refractivity contribution in [2.45, 2.75) is 0 Å². The number of hydrogen-bond acceptors (Lipinski definition) is 14. The van der Waals surface area contributed by atoms with Gasteiger partial charge < -0.3 is 51.3 Å². The fourth-order valence-electron chi connectivity index (χ4n) is 3.28. The Morgan fingerprint density at radius 2 is 0.952 bits per heavy atom. The van der Waals surface area contributed by atoms with Crippen LogP contribution in [0.5, 0.6) is 0 Å². The van der Waals surface area contributed by atoms with Gasteiger partial charge in [0.25, 0.3) is 0 Å². The first kappa shape index (κ1) is 28.2. The smallest absolute Gasteiger partial charge is 0.200 e. The SMILES string of the molecule is Nc1nc(=S)c2[nH]cnc2[nH]1.Nc1nc(=S)c2[nH]cnc2[nH]1.S=c1nc[nH]c2nc[nH]c12.S=c1ncc2[nH]cnc2[nH]1. The van der Waals surface area contributed by atoms with Crippen LogP contribution in [0.1, 0.15) is 0 Å². The number of anilines is 2. The number of nitrogens with zero attached hydrogens (tertiary/aromatic N) is 8. The highest BCUT2D eigenvalue weighted by Crippen LogP contribution is 2.08. The molecule has 42 heavy (non-hydrogen) atoms. The number of aromatic nitrogens is 16. The Kier molecular flexibility index (Phi) is 8.37. The lowest BCUT2D eigenvalue weighted by Crippen LogP contribution is -1.94. The summed E-state index contributed by atoms with van der Waals surface area (Å²) in [5.74, 6) is 0.573. The zero-order chi connectivity index (χ0) is 29.6. The van der Waals surface area contributed by atoms with Crippen LogP contribution >= 0.6 is 48.9 Å². The van der Waals surface area contributed by atoms with Crippen LogP contribution in [0.2, 0.25) is 0 Å². The Hall–Kier alpha value is -5.32. The number of hydrogen-bond donors (Lipinski definition) is 10. The number of imidazole rings is 4. The molecule has 0 amide bonds. The van der Waals surface area contributed by atoms with Crippen LogP contribution < -0.4 is 11.5 Å². The van der Waals surface area contributed by atoms with Gasteiger partial charge in [0.05, 0.1) is 37.8 Å². The molecule has 8 aromatic rings. The lowest BCUT2D eigenvalue weighted by Gasteiger charge is -1.91. The topological polar surface area (TPSA) is 281 Å². The molecule has 0 aliphatic rings. The molecule has 22 heteroatoms. The van der Waals surface area contributed by atoms with E-state index < -0.39 is 0 Å². The van der Waals surface area contributed by atoms with Crippen molar-refractivity contribution in [1.82, 2.24) is 79.7 Å². The molecule has 8 heterocycles. The minimum absolute atomic E-state index is 0.287. The van der Waals surface area contributed by atoms with Crippen molar-refractivity contribution in [1.29, 1.82) is 0 Å². The van der Waals surface area contributed by atoms with E-state index in [4.69, 9.17) is 60.3 Å². The van der Waals surface area contributed by atoms with Gasteiger partial charge in [0.2, 0.25) is 11.9 Å². The molecule has 8 aromatic heterocycles. The molecule has 0 saturated carbocycles. The van der Waals surface area contributed by atoms with Gasteiger partial charge >= 0.3 is 0 Å². The molecule has 0 atom stereocenters. The van der Waals surface area contributed by atoms with Crippen molar-refractivity contribution in [3.63, 3.8) is 0 Å². The van der Waals surface area contributed by atoms with Crippen molar-refractivity contribution in [3.05, 3.63) is 56.5 Å². The summed E-state index contributed by atoms with van der Waals surface area (Å²) in [6, 6.07) is 0. The van der Waals surface area contributed by atoms with Crippen LogP contribution in [0, 0.1) is 18.7 Å². The van der Waals surface area contributed by atoms with Crippen LogP contribution in [-0.2, 0) is 0 Å². The van der Waals surface area contributed by atoms with Crippen LogP contribution in [0.25, 0.3) is 44.7 Å². The number of aromatic amines is 8. The second kappa shape index (κ2) is 12.5. The summed E-state index contributed by atoms with van der Waals surface area (Å²) in [6.45, 7) is 0. The van der Waals surface area contributed by atoms with Gasteiger partial charge in [-0.3, -0.25) is 0 Å². The minimum atomic E-state index is 0.287. The summed E-state index contributed by atoms with van der Waals surface area (Å²) < 4.78 is 1.88. The fourth-order valence-corrected chi connectivity index (χ4v) is 4.14. The van der Waals surface area contributed by atoms with Crippen LogP contribution in [0.3, 0.4) is 0 Å². The molecule has 0 aliphatic heterocycles. The van der Waals surface area contributed by atoms with E-state index in [1.165, 1.54) is 19.0 Å².